The maximum Gasteiger partial charge on any atom is 0.451 e. The number of benzene rings is 1. The van der Waals surface area contributed by atoms with E-state index in [0.717, 1.165) is 25.7 Å². The van der Waals surface area contributed by atoms with Gasteiger partial charge < -0.3 is 20.5 Å². The molecule has 0 saturated heterocycles. The number of nitrogens with two attached hydrogens (primary N) is 1. The molecule has 128 valence electrons. The molecule has 23 heavy (non-hydrogen) atoms. The van der Waals surface area contributed by atoms with Gasteiger partial charge in [-0.2, -0.15) is 9.59 Å². The molecule has 0 radical (unpaired) electrons. The number of rotatable bonds is 9. The summed E-state index contributed by atoms with van der Waals surface area (Å²) in [5, 5.41) is 18.5. The summed E-state index contributed by atoms with van der Waals surface area (Å²) in [5.41, 5.74) is 5.96. The van der Waals surface area contributed by atoms with Crippen LogP contribution < -0.4 is 10.5 Å². The highest BCUT2D eigenvalue weighted by Gasteiger charge is 2.08. The predicted octanol–water partition coefficient (Wildman–Crippen LogP) is 2.15. The van der Waals surface area contributed by atoms with Gasteiger partial charge in [-0.1, -0.05) is 36.0 Å². The number of unbranched alkanes of at least 4 members (excludes halogenated alkanes) is 1. The molecule has 0 amide bonds. The lowest BCUT2D eigenvalue weighted by atomic mass is 9.83. The second-order valence-electron chi connectivity index (χ2n) is 4.82. The molecule has 9 heteroatoms. The lowest BCUT2D eigenvalue weighted by Gasteiger charge is -2.13. The molecule has 1 aromatic rings. The molecular formula is C14H20BCl2NO5. The predicted molar refractivity (Wildman–Crippen MR) is 88.4 cm³/mol. The highest BCUT2D eigenvalue weighted by molar-refractivity contribution is 6.40. The van der Waals surface area contributed by atoms with Crippen LogP contribution in [-0.4, -0.2) is 36.0 Å². The summed E-state index contributed by atoms with van der Waals surface area (Å²) in [6.07, 6.45) is 3.84. The van der Waals surface area contributed by atoms with Crippen LogP contribution in [0.25, 0.3) is 0 Å². The van der Waals surface area contributed by atoms with Crippen LogP contribution in [0.2, 0.25) is 16.4 Å². The van der Waals surface area contributed by atoms with E-state index < -0.39 is 7.12 Å². The second kappa shape index (κ2) is 13.4. The lowest BCUT2D eigenvalue weighted by Crippen LogP contribution is -2.22. The normalized spacial score (nSPS) is 11.0. The third kappa shape index (κ3) is 12.1. The van der Waals surface area contributed by atoms with Crippen molar-refractivity contribution < 1.29 is 24.4 Å². The van der Waals surface area contributed by atoms with Gasteiger partial charge in [-0.05, 0) is 37.4 Å². The molecule has 1 rings (SSSR count). The minimum Gasteiger partial charge on any atom is -0.492 e. The monoisotopic (exact) mass is 363 g/mol. The third-order valence-electron chi connectivity index (χ3n) is 2.93. The average molecular weight is 364 g/mol. The van der Waals surface area contributed by atoms with E-state index in [1.54, 1.807) is 18.2 Å². The van der Waals surface area contributed by atoms with Crippen molar-refractivity contribution in [1.29, 1.82) is 0 Å². The van der Waals surface area contributed by atoms with E-state index in [1.165, 1.54) is 0 Å². The maximum absolute atomic E-state index is 8.71. The van der Waals surface area contributed by atoms with E-state index in [9.17, 15) is 0 Å². The van der Waals surface area contributed by atoms with Crippen LogP contribution in [0.1, 0.15) is 25.7 Å². The van der Waals surface area contributed by atoms with Crippen LogP contribution in [0.4, 0.5) is 0 Å². The summed E-state index contributed by atoms with van der Waals surface area (Å²) in [7, 11) is -1.22. The quantitative estimate of drug-likeness (QED) is 0.458. The Labute approximate surface area is 145 Å². The zero-order valence-electron chi connectivity index (χ0n) is 12.6. The zero-order chi connectivity index (χ0) is 17.7. The van der Waals surface area contributed by atoms with Crippen molar-refractivity contribution >= 4 is 36.5 Å². The summed E-state index contributed by atoms with van der Waals surface area (Å²) >= 11 is 11.8. The van der Waals surface area contributed by atoms with Crippen molar-refractivity contribution in [3.05, 3.63) is 28.2 Å². The number of hydrogen-bond donors (Lipinski definition) is 3. The van der Waals surface area contributed by atoms with E-state index in [1.807, 2.05) is 0 Å². The molecule has 0 spiro atoms. The number of ether oxygens (including phenoxy) is 1. The Balaban J connectivity index is 0.00000149. The summed E-state index contributed by atoms with van der Waals surface area (Å²) < 4.78 is 5.56. The average Bonchev–Trinajstić information content (AvgIpc) is 2.46. The van der Waals surface area contributed by atoms with Crippen molar-refractivity contribution in [2.45, 2.75) is 38.0 Å². The molecule has 0 aliphatic heterocycles. The first kappa shape index (κ1) is 21.9. The van der Waals surface area contributed by atoms with E-state index in [0.29, 0.717) is 28.7 Å². The van der Waals surface area contributed by atoms with Crippen LogP contribution >= 0.6 is 23.2 Å². The minimum absolute atomic E-state index is 0.0388. The van der Waals surface area contributed by atoms with Gasteiger partial charge in [0.2, 0.25) is 0 Å². The van der Waals surface area contributed by atoms with E-state index in [4.69, 9.17) is 53.3 Å². The molecular weight excluding hydrogens is 344 g/mol. The molecule has 0 saturated carbocycles. The van der Waals surface area contributed by atoms with Gasteiger partial charge in [0.15, 0.2) is 0 Å². The molecule has 1 unspecified atom stereocenters. The topological polar surface area (TPSA) is 110 Å². The Morgan fingerprint density at radius 1 is 1.22 bits per heavy atom. The highest BCUT2D eigenvalue weighted by Crippen LogP contribution is 2.27. The molecule has 4 N–H and O–H groups in total. The molecule has 0 aliphatic rings. The molecule has 0 bridgehead atoms. The van der Waals surface area contributed by atoms with E-state index >= 15 is 0 Å². The first-order chi connectivity index (χ1) is 10.9. The first-order valence-electron chi connectivity index (χ1n) is 7.09. The Hall–Kier alpha value is -1.08. The van der Waals surface area contributed by atoms with Gasteiger partial charge in [-0.25, -0.2) is 0 Å². The summed E-state index contributed by atoms with van der Waals surface area (Å²) in [6, 6.07) is 5.14. The van der Waals surface area contributed by atoms with Gasteiger partial charge in [-0.15, -0.1) is 0 Å². The fourth-order valence-electron chi connectivity index (χ4n) is 1.79. The number of halogens is 2. The summed E-state index contributed by atoms with van der Waals surface area (Å²) in [5.74, 6) is 0.603. The van der Waals surface area contributed by atoms with Crippen LogP contribution in [-0.2, 0) is 9.59 Å². The second-order valence-corrected chi connectivity index (χ2v) is 5.66. The minimum atomic E-state index is -1.22. The molecule has 1 aromatic carbocycles. The SMILES string of the molecule is NC(CCCCB(O)O)CCOc1ccc(Cl)cc1Cl.O=C=O. The van der Waals surface area contributed by atoms with Gasteiger partial charge in [0.1, 0.15) is 5.75 Å². The van der Waals surface area contributed by atoms with Crippen molar-refractivity contribution in [3.63, 3.8) is 0 Å². The Morgan fingerprint density at radius 2 is 1.87 bits per heavy atom. The third-order valence-corrected chi connectivity index (χ3v) is 3.46. The van der Waals surface area contributed by atoms with Gasteiger partial charge in [-0.3, -0.25) is 0 Å². The van der Waals surface area contributed by atoms with Gasteiger partial charge in [0, 0.05) is 11.1 Å². The maximum atomic E-state index is 8.71. The van der Waals surface area contributed by atoms with Crippen molar-refractivity contribution in [2.75, 3.05) is 6.61 Å². The molecule has 0 aromatic heterocycles. The first-order valence-corrected chi connectivity index (χ1v) is 7.85. The van der Waals surface area contributed by atoms with E-state index in [-0.39, 0.29) is 12.2 Å². The number of hydrogen-bond acceptors (Lipinski definition) is 6. The smallest absolute Gasteiger partial charge is 0.451 e. The highest BCUT2D eigenvalue weighted by atomic mass is 35.5. The van der Waals surface area contributed by atoms with Gasteiger partial charge >= 0.3 is 13.3 Å². The number of carbonyl (C=O) groups excluding carboxylic acids is 2. The summed E-state index contributed by atoms with van der Waals surface area (Å²) in [4.78, 5) is 16.2. The fourth-order valence-corrected chi connectivity index (χ4v) is 2.25. The lowest BCUT2D eigenvalue weighted by molar-refractivity contribution is -0.191. The van der Waals surface area contributed by atoms with E-state index in [2.05, 4.69) is 0 Å². The van der Waals surface area contributed by atoms with Crippen molar-refractivity contribution in [1.82, 2.24) is 0 Å². The fraction of sp³-hybridized carbons (Fsp3) is 0.500. The van der Waals surface area contributed by atoms with Crippen LogP contribution in [0.5, 0.6) is 5.75 Å². The van der Waals surface area contributed by atoms with Gasteiger partial charge in [0.05, 0.1) is 11.6 Å². The Kier molecular flexibility index (Phi) is 12.7. The van der Waals surface area contributed by atoms with Crippen LogP contribution in [0.15, 0.2) is 18.2 Å². The van der Waals surface area contributed by atoms with Gasteiger partial charge in [0.25, 0.3) is 0 Å². The van der Waals surface area contributed by atoms with Crippen molar-refractivity contribution in [3.8, 4) is 5.75 Å². The molecule has 6 nitrogen and oxygen atoms in total. The molecule has 1 atom stereocenters. The molecule has 0 fully saturated rings. The van der Waals surface area contributed by atoms with Crippen molar-refractivity contribution in [2.24, 2.45) is 5.73 Å². The van der Waals surface area contributed by atoms with Crippen LogP contribution in [0.3, 0.4) is 0 Å². The summed E-state index contributed by atoms with van der Waals surface area (Å²) in [6.45, 7) is 0.491. The largest absolute Gasteiger partial charge is 0.492 e. The Morgan fingerprint density at radius 3 is 2.43 bits per heavy atom. The molecule has 0 heterocycles. The Bertz CT molecular complexity index is 484. The molecule has 0 aliphatic carbocycles. The van der Waals surface area contributed by atoms with Crippen LogP contribution in [0, 0.1) is 0 Å². The zero-order valence-corrected chi connectivity index (χ0v) is 14.1. The standard InChI is InChI=1S/C13H20BCl2NO3.CO2/c15-10-4-5-13(12(16)9-10)20-8-6-11(17)3-1-2-7-14(18)19;2-1-3/h4-5,9,11,18-19H,1-3,6-8,17H2;.